The maximum atomic E-state index is 7.13. The first kappa shape index (κ1) is 27.6. The molecule has 0 spiro atoms. The summed E-state index contributed by atoms with van der Waals surface area (Å²) in [5, 5.41) is 10.5. The molecule has 6 aromatic rings. The molecule has 0 bridgehead atoms. The van der Waals surface area contributed by atoms with Crippen LogP contribution in [0.25, 0.3) is 38.6 Å². The van der Waals surface area contributed by atoms with Crippen molar-refractivity contribution in [1.29, 1.82) is 0 Å². The molecule has 8 rings (SSSR count). The second-order valence-corrected chi connectivity index (χ2v) is 12.1. The van der Waals surface area contributed by atoms with Gasteiger partial charge in [0.25, 0.3) is 0 Å². The van der Waals surface area contributed by atoms with Gasteiger partial charge in [0.2, 0.25) is 0 Å². The van der Waals surface area contributed by atoms with Crippen molar-refractivity contribution in [2.24, 2.45) is 11.7 Å². The van der Waals surface area contributed by atoms with Crippen molar-refractivity contribution in [3.05, 3.63) is 156 Å². The second kappa shape index (κ2) is 11.5. The molecule has 3 N–H and O–H groups in total. The molecule has 1 saturated heterocycles. The van der Waals surface area contributed by atoms with Gasteiger partial charge in [-0.1, -0.05) is 128 Å². The van der Waals surface area contributed by atoms with Gasteiger partial charge in [0.05, 0.1) is 5.69 Å². The Labute approximate surface area is 263 Å². The van der Waals surface area contributed by atoms with Crippen LogP contribution in [0.15, 0.2) is 144 Å². The van der Waals surface area contributed by atoms with Crippen molar-refractivity contribution in [1.82, 2.24) is 10.0 Å². The van der Waals surface area contributed by atoms with Crippen molar-refractivity contribution in [2.75, 3.05) is 5.32 Å². The van der Waals surface area contributed by atoms with Gasteiger partial charge in [0, 0.05) is 22.9 Å². The van der Waals surface area contributed by atoms with Crippen LogP contribution in [0.5, 0.6) is 0 Å². The van der Waals surface area contributed by atoms with Crippen LogP contribution in [-0.4, -0.2) is 16.3 Å². The van der Waals surface area contributed by atoms with E-state index in [1.54, 1.807) is 0 Å². The minimum atomic E-state index is -0.500. The number of nitrogens with two attached hydrogens (primary N) is 1. The molecule has 5 unspecified atom stereocenters. The minimum absolute atomic E-state index is 0.0277. The van der Waals surface area contributed by atoms with Crippen LogP contribution in [0.2, 0.25) is 0 Å². The lowest BCUT2D eigenvalue weighted by atomic mass is 9.90. The summed E-state index contributed by atoms with van der Waals surface area (Å²) in [5.41, 5.74) is 17.0. The fourth-order valence-electron chi connectivity index (χ4n) is 6.76. The molecule has 222 valence electrons. The number of hydrogen-bond donors (Lipinski definition) is 2. The summed E-state index contributed by atoms with van der Waals surface area (Å²) in [5.74, 6) is 0.540. The van der Waals surface area contributed by atoms with Crippen LogP contribution in [0.3, 0.4) is 0 Å². The molecule has 0 amide bonds. The molecule has 1 aliphatic carbocycles. The first-order chi connectivity index (χ1) is 22.1. The number of rotatable bonds is 8. The van der Waals surface area contributed by atoms with E-state index in [9.17, 15) is 0 Å². The first-order valence-electron chi connectivity index (χ1n) is 15.7. The molecule has 5 nitrogen and oxygen atoms in total. The van der Waals surface area contributed by atoms with E-state index in [0.717, 1.165) is 51.7 Å². The van der Waals surface area contributed by atoms with Crippen LogP contribution in [0, 0.1) is 5.92 Å². The maximum Gasteiger partial charge on any atom is 0.159 e. The average molecular weight is 589 g/mol. The first-order valence-corrected chi connectivity index (χ1v) is 15.7. The smallest absolute Gasteiger partial charge is 0.159 e. The standard InChI is InChI=1S/C40H36N4O/c1-27-12-10-17-30(24-27)31-18-11-19-32(25-31)39-43(26-28-13-4-2-5-14-28)44(39)40(41)42-37-33(29-15-6-3-7-16-29)22-23-35-34-20-8-9-21-36(34)45-38(35)37/h2-23,25,27,39-40,42H,24,26,41H2,1H3. The highest BCUT2D eigenvalue weighted by Crippen LogP contribution is 2.46. The van der Waals surface area contributed by atoms with E-state index in [2.05, 4.69) is 144 Å². The molecule has 5 aromatic carbocycles. The summed E-state index contributed by atoms with van der Waals surface area (Å²) in [7, 11) is 0. The third-order valence-corrected chi connectivity index (χ3v) is 9.01. The van der Waals surface area contributed by atoms with E-state index in [1.165, 1.54) is 22.3 Å². The summed E-state index contributed by atoms with van der Waals surface area (Å²) < 4.78 is 6.51. The number of para-hydroxylation sites is 1. The molecule has 5 heteroatoms. The highest BCUT2D eigenvalue weighted by molar-refractivity contribution is 6.11. The Morgan fingerprint density at radius 3 is 2.40 bits per heavy atom. The lowest BCUT2D eigenvalue weighted by Crippen LogP contribution is -2.39. The summed E-state index contributed by atoms with van der Waals surface area (Å²) >= 11 is 0. The minimum Gasteiger partial charge on any atom is -0.454 e. The molecule has 2 aliphatic rings. The molecule has 1 aromatic heterocycles. The quantitative estimate of drug-likeness (QED) is 0.137. The topological polar surface area (TPSA) is 57.2 Å². The Morgan fingerprint density at radius 1 is 0.822 bits per heavy atom. The van der Waals surface area contributed by atoms with Crippen LogP contribution in [-0.2, 0) is 6.54 Å². The van der Waals surface area contributed by atoms with E-state index in [1.807, 2.05) is 18.2 Å². The van der Waals surface area contributed by atoms with Crippen molar-refractivity contribution in [2.45, 2.75) is 32.3 Å². The summed E-state index contributed by atoms with van der Waals surface area (Å²) in [6, 6.07) is 42.5. The van der Waals surface area contributed by atoms with Gasteiger partial charge in [0.15, 0.2) is 5.58 Å². The fourth-order valence-corrected chi connectivity index (χ4v) is 6.76. The van der Waals surface area contributed by atoms with Crippen molar-refractivity contribution in [3.8, 4) is 11.1 Å². The fraction of sp³-hybridized carbons (Fsp3) is 0.150. The van der Waals surface area contributed by atoms with Gasteiger partial charge in [-0.2, -0.15) is 5.01 Å². The number of allylic oxidation sites excluding steroid dienone is 4. The molecule has 0 saturated carbocycles. The second-order valence-electron chi connectivity index (χ2n) is 12.1. The number of nitrogens with zero attached hydrogens (tertiary/aromatic N) is 2. The molecule has 0 radical (unpaired) electrons. The van der Waals surface area contributed by atoms with Gasteiger partial charge in [-0.25, -0.2) is 5.01 Å². The van der Waals surface area contributed by atoms with Gasteiger partial charge in [-0.05, 0) is 58.4 Å². The van der Waals surface area contributed by atoms with Gasteiger partial charge in [0.1, 0.15) is 18.0 Å². The van der Waals surface area contributed by atoms with Gasteiger partial charge in [-0.15, -0.1) is 0 Å². The molecular weight excluding hydrogens is 552 g/mol. The highest BCUT2D eigenvalue weighted by Gasteiger charge is 2.50. The summed E-state index contributed by atoms with van der Waals surface area (Å²) in [4.78, 5) is 0. The third-order valence-electron chi connectivity index (χ3n) is 9.01. The molecular formula is C40H36N4O. The predicted molar refractivity (Wildman–Crippen MR) is 185 cm³/mol. The molecule has 2 heterocycles. The van der Waals surface area contributed by atoms with Crippen molar-refractivity contribution < 1.29 is 4.42 Å². The van der Waals surface area contributed by atoms with E-state index >= 15 is 0 Å². The zero-order chi connectivity index (χ0) is 30.3. The lowest BCUT2D eigenvalue weighted by Gasteiger charge is -2.20. The maximum absolute atomic E-state index is 7.13. The number of furan rings is 1. The van der Waals surface area contributed by atoms with Gasteiger partial charge in [-0.3, -0.25) is 5.73 Å². The molecule has 5 atom stereocenters. The Morgan fingerprint density at radius 2 is 1.58 bits per heavy atom. The SMILES string of the molecule is CC1C=CC=C(c2cccc(C3N(Cc4ccccc4)N3C(N)Nc3c(-c4ccccc4)ccc4c3oc3ccccc34)c2)C1. The lowest BCUT2D eigenvalue weighted by molar-refractivity contribution is 0.253. The molecule has 45 heavy (non-hydrogen) atoms. The third kappa shape index (κ3) is 5.25. The number of benzene rings is 5. The number of nitrogens with one attached hydrogen (secondary N) is 1. The van der Waals surface area contributed by atoms with Gasteiger partial charge < -0.3 is 9.73 Å². The van der Waals surface area contributed by atoms with Crippen LogP contribution < -0.4 is 11.1 Å². The van der Waals surface area contributed by atoms with E-state index in [-0.39, 0.29) is 6.17 Å². The van der Waals surface area contributed by atoms with Crippen molar-refractivity contribution >= 4 is 33.2 Å². The molecule has 1 fully saturated rings. The van der Waals surface area contributed by atoms with Crippen LogP contribution in [0.1, 0.15) is 36.2 Å². The Balaban J connectivity index is 1.18. The van der Waals surface area contributed by atoms with E-state index < -0.39 is 6.29 Å². The highest BCUT2D eigenvalue weighted by atomic mass is 16.3. The largest absolute Gasteiger partial charge is 0.454 e. The summed E-state index contributed by atoms with van der Waals surface area (Å²) in [6.45, 7) is 3.03. The molecule has 1 aliphatic heterocycles. The van der Waals surface area contributed by atoms with E-state index in [0.29, 0.717) is 5.92 Å². The zero-order valence-electron chi connectivity index (χ0n) is 25.3. The number of anilines is 1. The average Bonchev–Trinajstić information content (AvgIpc) is 3.67. The number of hydrogen-bond acceptors (Lipinski definition) is 5. The predicted octanol–water partition coefficient (Wildman–Crippen LogP) is 9.32. The van der Waals surface area contributed by atoms with Crippen LogP contribution >= 0.6 is 0 Å². The Hall–Kier alpha value is -4.94. The zero-order valence-corrected chi connectivity index (χ0v) is 25.3. The Bertz CT molecular complexity index is 2050. The normalized spacial score (nSPS) is 21.5. The number of fused-ring (bicyclic) bond motifs is 3. The number of hydrazine groups is 1. The van der Waals surface area contributed by atoms with Crippen LogP contribution in [0.4, 0.5) is 5.69 Å². The van der Waals surface area contributed by atoms with Crippen molar-refractivity contribution in [3.63, 3.8) is 0 Å². The van der Waals surface area contributed by atoms with Gasteiger partial charge >= 0.3 is 0 Å². The monoisotopic (exact) mass is 588 g/mol. The summed E-state index contributed by atoms with van der Waals surface area (Å²) in [6.07, 6.45) is 7.28. The van der Waals surface area contributed by atoms with E-state index in [4.69, 9.17) is 10.2 Å². The Kier molecular flexibility index (Phi) is 7.07.